The van der Waals surface area contributed by atoms with E-state index in [1.54, 1.807) is 4.57 Å². The molecule has 11 heteroatoms. The number of hydrogen-bond acceptors (Lipinski definition) is 5. The molecule has 2 aromatic heterocycles. The van der Waals surface area contributed by atoms with Crippen LogP contribution in [0.4, 0.5) is 13.2 Å². The van der Waals surface area contributed by atoms with E-state index < -0.39 is 23.3 Å². The molecule has 37 heavy (non-hydrogen) atoms. The molecular weight excluding hydrogens is 485 g/mol. The summed E-state index contributed by atoms with van der Waals surface area (Å²) in [7, 11) is 0. The summed E-state index contributed by atoms with van der Waals surface area (Å²) in [6, 6.07) is 17.2. The van der Waals surface area contributed by atoms with Gasteiger partial charge in [0.15, 0.2) is 5.82 Å². The highest BCUT2D eigenvalue weighted by molar-refractivity contribution is 5.94. The van der Waals surface area contributed by atoms with Crippen molar-refractivity contribution in [1.82, 2.24) is 30.2 Å². The molecular formula is C26H21F3N6O2. The number of benzene rings is 3. The maximum absolute atomic E-state index is 13.8. The molecule has 0 aliphatic carbocycles. The smallest absolute Gasteiger partial charge is 0.418 e. The van der Waals surface area contributed by atoms with Gasteiger partial charge in [-0.05, 0) is 45.7 Å². The van der Waals surface area contributed by atoms with Crippen LogP contribution >= 0.6 is 0 Å². The maximum atomic E-state index is 13.8. The monoisotopic (exact) mass is 506 g/mol. The normalized spacial score (nSPS) is 11.8. The highest BCUT2D eigenvalue weighted by Crippen LogP contribution is 2.36. The predicted octanol–water partition coefficient (Wildman–Crippen LogP) is 5.60. The van der Waals surface area contributed by atoms with Crippen LogP contribution in [-0.2, 0) is 19.1 Å². The van der Waals surface area contributed by atoms with Gasteiger partial charge in [0.05, 0.1) is 16.6 Å². The molecule has 2 heterocycles. The van der Waals surface area contributed by atoms with Crippen LogP contribution in [0.3, 0.4) is 0 Å². The molecule has 0 spiro atoms. The highest BCUT2D eigenvalue weighted by atomic mass is 19.4. The lowest BCUT2D eigenvalue weighted by molar-refractivity contribution is -0.136. The molecule has 5 aromatic rings. The number of nitrogens with one attached hydrogen (secondary N) is 1. The fraction of sp³-hybridized carbons (Fsp3) is 0.192. The van der Waals surface area contributed by atoms with Gasteiger partial charge in [-0.15, -0.1) is 5.10 Å². The van der Waals surface area contributed by atoms with Gasteiger partial charge in [-0.1, -0.05) is 55.5 Å². The number of tetrazole rings is 1. The standard InChI is InChI=1S/C26H21F3N6O2/c1-2-5-22-30-23-20(26(27,28)29)12-17(25(36)37)13-21(23)35(22)14-15-8-10-16(11-9-15)18-6-3-4-7-19(18)24-31-33-34-32-24/h3-4,6-13H,2,5,14H2,1H3,(H,36,37)(H,31,32,33,34). The molecule has 0 bridgehead atoms. The van der Waals surface area contributed by atoms with E-state index in [1.807, 2.05) is 55.5 Å². The van der Waals surface area contributed by atoms with Crippen molar-refractivity contribution < 1.29 is 23.1 Å². The van der Waals surface area contributed by atoms with Gasteiger partial charge in [0.25, 0.3) is 0 Å². The minimum absolute atomic E-state index is 0.142. The van der Waals surface area contributed by atoms with E-state index in [0.717, 1.165) is 22.3 Å². The zero-order valence-corrected chi connectivity index (χ0v) is 19.6. The number of H-pyrrole nitrogens is 1. The van der Waals surface area contributed by atoms with E-state index in [-0.39, 0.29) is 17.6 Å². The lowest BCUT2D eigenvalue weighted by atomic mass is 9.98. The number of rotatable bonds is 7. The summed E-state index contributed by atoms with van der Waals surface area (Å²) >= 11 is 0. The highest BCUT2D eigenvalue weighted by Gasteiger charge is 2.35. The molecule has 0 aliphatic rings. The number of aromatic amines is 1. The Balaban J connectivity index is 1.56. The van der Waals surface area contributed by atoms with Crippen LogP contribution < -0.4 is 0 Å². The van der Waals surface area contributed by atoms with Crippen LogP contribution in [0.15, 0.2) is 60.7 Å². The molecule has 0 radical (unpaired) electrons. The molecule has 0 saturated carbocycles. The van der Waals surface area contributed by atoms with Crippen LogP contribution in [0, 0.1) is 0 Å². The predicted molar refractivity (Wildman–Crippen MR) is 130 cm³/mol. The number of aryl methyl sites for hydroxylation is 1. The number of halogens is 3. The molecule has 0 unspecified atom stereocenters. The third kappa shape index (κ3) is 4.67. The summed E-state index contributed by atoms with van der Waals surface area (Å²) in [6.07, 6.45) is -3.62. The number of carbonyl (C=O) groups is 1. The molecule has 188 valence electrons. The van der Waals surface area contributed by atoms with Crippen LogP contribution in [-0.4, -0.2) is 41.3 Å². The number of aromatic carboxylic acids is 1. The number of aromatic nitrogens is 6. The lowest BCUT2D eigenvalue weighted by Crippen LogP contribution is -2.09. The van der Waals surface area contributed by atoms with Crippen molar-refractivity contribution in [3.8, 4) is 22.5 Å². The number of hydrogen-bond donors (Lipinski definition) is 2. The fourth-order valence-electron chi connectivity index (χ4n) is 4.39. The van der Waals surface area contributed by atoms with Gasteiger partial charge in [0, 0.05) is 18.5 Å². The van der Waals surface area contributed by atoms with Crippen molar-refractivity contribution in [1.29, 1.82) is 0 Å². The maximum Gasteiger partial charge on any atom is 0.418 e. The Kier molecular flexibility index (Phi) is 6.20. The quantitative estimate of drug-likeness (QED) is 0.297. The molecule has 8 nitrogen and oxygen atoms in total. The first-order chi connectivity index (χ1) is 17.8. The molecule has 0 amide bonds. The molecule has 3 aromatic carbocycles. The minimum atomic E-state index is -4.74. The Morgan fingerprint density at radius 1 is 1.05 bits per heavy atom. The average Bonchev–Trinajstić information content (AvgIpc) is 3.52. The zero-order valence-electron chi connectivity index (χ0n) is 19.6. The Morgan fingerprint density at radius 2 is 1.78 bits per heavy atom. The summed E-state index contributed by atoms with van der Waals surface area (Å²) in [5.74, 6) is -0.427. The number of imidazole rings is 1. The Labute approximate surface area is 208 Å². The number of fused-ring (bicyclic) bond motifs is 1. The first kappa shape index (κ1) is 24.2. The molecule has 5 rings (SSSR count). The summed E-state index contributed by atoms with van der Waals surface area (Å²) in [5.41, 5.74) is 1.89. The summed E-state index contributed by atoms with van der Waals surface area (Å²) in [5, 5.41) is 23.5. The van der Waals surface area contributed by atoms with E-state index in [9.17, 15) is 23.1 Å². The fourth-order valence-corrected chi connectivity index (χ4v) is 4.39. The topological polar surface area (TPSA) is 110 Å². The van der Waals surface area contributed by atoms with E-state index in [1.165, 1.54) is 6.07 Å². The average molecular weight is 506 g/mol. The van der Waals surface area contributed by atoms with Gasteiger partial charge in [-0.25, -0.2) is 14.9 Å². The van der Waals surface area contributed by atoms with E-state index in [2.05, 4.69) is 25.6 Å². The number of alkyl halides is 3. The first-order valence-corrected chi connectivity index (χ1v) is 11.5. The summed E-state index contributed by atoms with van der Waals surface area (Å²) in [4.78, 5) is 15.9. The molecule has 0 atom stereocenters. The lowest BCUT2D eigenvalue weighted by Gasteiger charge is -2.12. The third-order valence-corrected chi connectivity index (χ3v) is 6.09. The van der Waals surface area contributed by atoms with Gasteiger partial charge < -0.3 is 9.67 Å². The zero-order chi connectivity index (χ0) is 26.2. The van der Waals surface area contributed by atoms with Gasteiger partial charge in [-0.2, -0.15) is 13.2 Å². The van der Waals surface area contributed by atoms with E-state index in [0.29, 0.717) is 30.6 Å². The second-order valence-electron chi connectivity index (χ2n) is 8.55. The molecule has 0 saturated heterocycles. The van der Waals surface area contributed by atoms with Crippen molar-refractivity contribution in [2.24, 2.45) is 0 Å². The third-order valence-electron chi connectivity index (χ3n) is 6.09. The van der Waals surface area contributed by atoms with Crippen molar-refractivity contribution >= 4 is 17.0 Å². The van der Waals surface area contributed by atoms with E-state index in [4.69, 9.17) is 0 Å². The summed E-state index contributed by atoms with van der Waals surface area (Å²) in [6.45, 7) is 2.15. The second kappa shape index (κ2) is 9.49. The van der Waals surface area contributed by atoms with Crippen LogP contribution in [0.25, 0.3) is 33.5 Å². The first-order valence-electron chi connectivity index (χ1n) is 11.5. The van der Waals surface area contributed by atoms with Crippen molar-refractivity contribution in [2.45, 2.75) is 32.5 Å². The minimum Gasteiger partial charge on any atom is -0.478 e. The molecule has 0 fully saturated rings. The summed E-state index contributed by atoms with van der Waals surface area (Å²) < 4.78 is 43.1. The largest absolute Gasteiger partial charge is 0.478 e. The van der Waals surface area contributed by atoms with Crippen molar-refractivity contribution in [3.05, 3.63) is 83.2 Å². The van der Waals surface area contributed by atoms with Crippen LogP contribution in [0.5, 0.6) is 0 Å². The van der Waals surface area contributed by atoms with E-state index >= 15 is 0 Å². The van der Waals surface area contributed by atoms with Gasteiger partial charge in [0.2, 0.25) is 0 Å². The van der Waals surface area contributed by atoms with Crippen LogP contribution in [0.2, 0.25) is 0 Å². The number of carboxylic acids is 1. The number of carboxylic acid groups (broad SMARTS) is 1. The van der Waals surface area contributed by atoms with Crippen molar-refractivity contribution in [3.63, 3.8) is 0 Å². The Bertz CT molecular complexity index is 1570. The molecule has 0 aliphatic heterocycles. The Morgan fingerprint density at radius 3 is 2.41 bits per heavy atom. The van der Waals surface area contributed by atoms with Crippen LogP contribution in [0.1, 0.15) is 40.7 Å². The van der Waals surface area contributed by atoms with Crippen molar-refractivity contribution in [2.75, 3.05) is 0 Å². The number of nitrogens with zero attached hydrogens (tertiary/aromatic N) is 5. The SMILES string of the molecule is CCCc1nc2c(C(F)(F)F)cc(C(=O)O)cc2n1Cc1ccc(-c2ccccc2-c2nnn[nH]2)cc1. The molecule has 2 N–H and O–H groups in total. The second-order valence-corrected chi connectivity index (χ2v) is 8.55. The van der Waals surface area contributed by atoms with Gasteiger partial charge >= 0.3 is 12.1 Å². The van der Waals surface area contributed by atoms with Gasteiger partial charge in [0.1, 0.15) is 11.3 Å². The van der Waals surface area contributed by atoms with Gasteiger partial charge in [-0.3, -0.25) is 0 Å². The Hall–Kier alpha value is -4.54.